The zero-order valence-electron chi connectivity index (χ0n) is 17.3. The Morgan fingerprint density at radius 3 is 2.23 bits per heavy atom. The summed E-state index contributed by atoms with van der Waals surface area (Å²) in [5, 5.41) is 6.86. The van der Waals surface area contributed by atoms with Gasteiger partial charge in [-0.15, -0.1) is 0 Å². The highest BCUT2D eigenvalue weighted by Crippen LogP contribution is 2.16. The first-order valence-corrected chi connectivity index (χ1v) is 10.4. The molecular weight excluding hydrogens is 392 g/mol. The van der Waals surface area contributed by atoms with Crippen molar-refractivity contribution in [3.05, 3.63) is 78.0 Å². The summed E-state index contributed by atoms with van der Waals surface area (Å²) in [4.78, 5) is 29.0. The van der Waals surface area contributed by atoms with Gasteiger partial charge in [-0.1, -0.05) is 60.7 Å². The van der Waals surface area contributed by atoms with Crippen molar-refractivity contribution >= 4 is 11.8 Å². The summed E-state index contributed by atoms with van der Waals surface area (Å²) in [6, 6.07) is 21.6. The van der Waals surface area contributed by atoms with Gasteiger partial charge in [0.25, 0.3) is 11.8 Å². The molecule has 0 aliphatic carbocycles. The van der Waals surface area contributed by atoms with Crippen LogP contribution in [0.3, 0.4) is 0 Å². The van der Waals surface area contributed by atoms with E-state index in [4.69, 9.17) is 0 Å². The van der Waals surface area contributed by atoms with E-state index in [0.29, 0.717) is 5.69 Å². The van der Waals surface area contributed by atoms with Gasteiger partial charge in [0.05, 0.1) is 12.2 Å². The Hall–Kier alpha value is -3.49. The predicted octanol–water partition coefficient (Wildman–Crippen LogP) is 1.66. The van der Waals surface area contributed by atoms with E-state index in [1.54, 1.807) is 6.07 Å². The fourth-order valence-corrected chi connectivity index (χ4v) is 3.58. The highest BCUT2D eigenvalue weighted by atomic mass is 16.2. The molecule has 2 heterocycles. The molecule has 0 unspecified atom stereocenters. The summed E-state index contributed by atoms with van der Waals surface area (Å²) in [5.41, 5.74) is 8.10. The Morgan fingerprint density at radius 2 is 1.52 bits per heavy atom. The lowest BCUT2D eigenvalue weighted by Crippen LogP contribution is -2.51. The molecule has 0 bridgehead atoms. The van der Waals surface area contributed by atoms with Crippen LogP contribution in [0.4, 0.5) is 0 Å². The first kappa shape index (κ1) is 20.8. The lowest BCUT2D eigenvalue weighted by Gasteiger charge is -2.34. The van der Waals surface area contributed by atoms with E-state index in [0.717, 1.165) is 38.3 Å². The number of carbonyl (C=O) groups is 2. The van der Waals surface area contributed by atoms with Crippen molar-refractivity contribution in [3.8, 4) is 11.3 Å². The van der Waals surface area contributed by atoms with Crippen molar-refractivity contribution in [2.75, 3.05) is 32.7 Å². The van der Waals surface area contributed by atoms with Gasteiger partial charge in [-0.05, 0) is 11.6 Å². The number of benzene rings is 2. The maximum atomic E-state index is 12.3. The monoisotopic (exact) mass is 418 g/mol. The van der Waals surface area contributed by atoms with Crippen molar-refractivity contribution in [3.63, 3.8) is 0 Å². The van der Waals surface area contributed by atoms with Crippen LogP contribution in [0.15, 0.2) is 66.7 Å². The van der Waals surface area contributed by atoms with Crippen molar-refractivity contribution in [1.29, 1.82) is 0 Å². The summed E-state index contributed by atoms with van der Waals surface area (Å²) in [6.45, 7) is 4.62. The quantitative estimate of drug-likeness (QED) is 0.530. The zero-order chi connectivity index (χ0) is 21.5. The molecule has 0 radical (unpaired) electrons. The summed E-state index contributed by atoms with van der Waals surface area (Å²) >= 11 is 0. The fourth-order valence-electron chi connectivity index (χ4n) is 3.58. The number of hydrogen-bond donors (Lipinski definition) is 3. The fraction of sp³-hybridized carbons (Fsp3) is 0.261. The van der Waals surface area contributed by atoms with Gasteiger partial charge in [-0.2, -0.15) is 5.10 Å². The maximum absolute atomic E-state index is 12.3. The zero-order valence-corrected chi connectivity index (χ0v) is 17.3. The number of nitrogens with one attached hydrogen (secondary N) is 3. The smallest absolute Gasteiger partial charge is 0.287 e. The molecule has 160 valence electrons. The minimum Gasteiger partial charge on any atom is -0.297 e. The Balaban J connectivity index is 1.19. The highest BCUT2D eigenvalue weighted by molar-refractivity contribution is 5.94. The molecule has 1 fully saturated rings. The maximum Gasteiger partial charge on any atom is 0.287 e. The number of aromatic amines is 1. The van der Waals surface area contributed by atoms with Crippen molar-refractivity contribution in [2.24, 2.45) is 0 Å². The molecule has 8 heteroatoms. The van der Waals surface area contributed by atoms with E-state index < -0.39 is 5.91 Å². The second-order valence-corrected chi connectivity index (χ2v) is 7.57. The first-order valence-electron chi connectivity index (χ1n) is 10.4. The number of hydrogen-bond acceptors (Lipinski definition) is 5. The topological polar surface area (TPSA) is 93.4 Å². The van der Waals surface area contributed by atoms with Gasteiger partial charge in [0.15, 0.2) is 0 Å². The van der Waals surface area contributed by atoms with Crippen LogP contribution < -0.4 is 10.9 Å². The van der Waals surface area contributed by atoms with Gasteiger partial charge < -0.3 is 0 Å². The lowest BCUT2D eigenvalue weighted by atomic mass is 10.1. The van der Waals surface area contributed by atoms with Crippen LogP contribution in [-0.4, -0.2) is 64.5 Å². The van der Waals surface area contributed by atoms with E-state index in [1.807, 2.05) is 36.4 Å². The molecule has 3 aromatic rings. The van der Waals surface area contributed by atoms with E-state index in [9.17, 15) is 9.59 Å². The van der Waals surface area contributed by atoms with Gasteiger partial charge in [0.2, 0.25) is 0 Å². The number of hydrazine groups is 1. The van der Waals surface area contributed by atoms with E-state index in [1.165, 1.54) is 5.56 Å². The second kappa shape index (κ2) is 10.0. The molecule has 2 amide bonds. The summed E-state index contributed by atoms with van der Waals surface area (Å²) in [5.74, 6) is -0.677. The number of nitrogens with zero attached hydrogens (tertiary/aromatic N) is 3. The van der Waals surface area contributed by atoms with Crippen LogP contribution >= 0.6 is 0 Å². The minimum absolute atomic E-state index is 0.243. The normalized spacial score (nSPS) is 14.8. The third-order valence-electron chi connectivity index (χ3n) is 5.29. The molecular formula is C23H26N6O2. The van der Waals surface area contributed by atoms with Crippen molar-refractivity contribution in [2.45, 2.75) is 6.54 Å². The molecule has 1 aromatic heterocycles. The van der Waals surface area contributed by atoms with Gasteiger partial charge in [-0.3, -0.25) is 35.3 Å². The number of piperazine rings is 1. The van der Waals surface area contributed by atoms with Crippen LogP contribution in [0.1, 0.15) is 16.1 Å². The van der Waals surface area contributed by atoms with Crippen molar-refractivity contribution < 1.29 is 9.59 Å². The lowest BCUT2D eigenvalue weighted by molar-refractivity contribution is -0.123. The molecule has 0 atom stereocenters. The molecule has 4 rings (SSSR count). The van der Waals surface area contributed by atoms with Gasteiger partial charge >= 0.3 is 0 Å². The third kappa shape index (κ3) is 5.78. The van der Waals surface area contributed by atoms with Crippen LogP contribution in [0, 0.1) is 0 Å². The summed E-state index contributed by atoms with van der Waals surface area (Å²) in [6.07, 6.45) is 0. The molecule has 31 heavy (non-hydrogen) atoms. The number of rotatable bonds is 6. The Morgan fingerprint density at radius 1 is 0.871 bits per heavy atom. The van der Waals surface area contributed by atoms with Crippen LogP contribution in [0.5, 0.6) is 0 Å². The number of amides is 2. The Labute approximate surface area is 181 Å². The van der Waals surface area contributed by atoms with E-state index in [-0.39, 0.29) is 18.1 Å². The molecule has 1 aliphatic rings. The largest absolute Gasteiger partial charge is 0.297 e. The third-order valence-corrected chi connectivity index (χ3v) is 5.29. The molecule has 0 spiro atoms. The van der Waals surface area contributed by atoms with E-state index >= 15 is 0 Å². The standard InChI is InChI=1S/C23H26N6O2/c30-22(17-29-13-11-28(12-14-29)16-18-7-3-1-4-8-18)26-27-23(31)21-15-20(24-25-21)19-9-5-2-6-10-19/h1-10,15H,11-14,16-17H2,(H,24,25)(H,26,30)(H,27,31). The van der Waals surface area contributed by atoms with Gasteiger partial charge in [0, 0.05) is 38.3 Å². The highest BCUT2D eigenvalue weighted by Gasteiger charge is 2.19. The summed E-state index contributed by atoms with van der Waals surface area (Å²) < 4.78 is 0. The molecule has 8 nitrogen and oxygen atoms in total. The number of H-pyrrole nitrogens is 1. The molecule has 3 N–H and O–H groups in total. The average Bonchev–Trinajstić information content (AvgIpc) is 3.31. The Bertz CT molecular complexity index is 997. The molecule has 1 aliphatic heterocycles. The molecule has 1 saturated heterocycles. The predicted molar refractivity (Wildman–Crippen MR) is 118 cm³/mol. The van der Waals surface area contributed by atoms with Gasteiger partial charge in [0.1, 0.15) is 5.69 Å². The minimum atomic E-state index is -0.435. The van der Waals surface area contributed by atoms with E-state index in [2.05, 4.69) is 55.1 Å². The van der Waals surface area contributed by atoms with Crippen LogP contribution in [0.25, 0.3) is 11.3 Å². The van der Waals surface area contributed by atoms with Crippen LogP contribution in [0.2, 0.25) is 0 Å². The summed E-state index contributed by atoms with van der Waals surface area (Å²) in [7, 11) is 0. The van der Waals surface area contributed by atoms with Crippen LogP contribution in [-0.2, 0) is 11.3 Å². The second-order valence-electron chi connectivity index (χ2n) is 7.57. The number of aromatic nitrogens is 2. The number of carbonyl (C=O) groups excluding carboxylic acids is 2. The molecule has 0 saturated carbocycles. The first-order chi connectivity index (χ1) is 15.2. The molecule has 2 aromatic carbocycles. The average molecular weight is 419 g/mol. The SMILES string of the molecule is O=C(CN1CCN(Cc2ccccc2)CC1)NNC(=O)c1cc(-c2ccccc2)n[nH]1. The van der Waals surface area contributed by atoms with Crippen molar-refractivity contribution in [1.82, 2.24) is 30.8 Å². The van der Waals surface area contributed by atoms with Gasteiger partial charge in [-0.25, -0.2) is 0 Å². The Kier molecular flexibility index (Phi) is 6.71.